The van der Waals surface area contributed by atoms with Crippen LogP contribution >= 0.6 is 0 Å². The summed E-state index contributed by atoms with van der Waals surface area (Å²) in [7, 11) is 1.70. The van der Waals surface area contributed by atoms with Crippen LogP contribution in [-0.2, 0) is 6.42 Å². The average Bonchev–Trinajstić information content (AvgIpc) is 3.42. The van der Waals surface area contributed by atoms with Gasteiger partial charge in [-0.15, -0.1) is 0 Å². The number of nitrogens with zero attached hydrogens (tertiary/aromatic N) is 1. The van der Waals surface area contributed by atoms with Gasteiger partial charge in [-0.2, -0.15) is 0 Å². The first-order valence-corrected chi connectivity index (χ1v) is 8.49. The van der Waals surface area contributed by atoms with Gasteiger partial charge < -0.3 is 4.74 Å². The molecule has 0 radical (unpaired) electrons. The maximum atomic E-state index is 5.50. The first kappa shape index (κ1) is 14.9. The lowest BCUT2D eigenvalue weighted by Crippen LogP contribution is -1.97. The van der Waals surface area contributed by atoms with Crippen molar-refractivity contribution in [2.45, 2.75) is 18.8 Å². The SMILES string of the molecule is COc1cccnc1-c1ccccc1C[C@H]1C[C@H]1c1ccccc1. The molecule has 1 heterocycles. The summed E-state index contributed by atoms with van der Waals surface area (Å²) in [6.07, 6.45) is 4.20. The third kappa shape index (κ3) is 2.92. The number of ether oxygens (including phenoxy) is 1. The highest BCUT2D eigenvalue weighted by atomic mass is 16.5. The minimum atomic E-state index is 0.699. The molecule has 1 saturated carbocycles. The standard InChI is InChI=1S/C22H21NO/c1-24-21-12-7-13-23-22(21)19-11-6-5-10-17(19)14-18-15-20(18)16-8-3-2-4-9-16/h2-13,18,20H,14-15H2,1H3/t18-,20-/m0/s1. The topological polar surface area (TPSA) is 22.1 Å². The van der Waals surface area contributed by atoms with Crippen LogP contribution in [0.4, 0.5) is 0 Å². The number of methoxy groups -OCH3 is 1. The Kier molecular flexibility index (Phi) is 4.04. The molecule has 0 bridgehead atoms. The molecule has 2 aromatic carbocycles. The summed E-state index contributed by atoms with van der Waals surface area (Å²) in [6, 6.07) is 23.3. The smallest absolute Gasteiger partial charge is 0.145 e. The first-order valence-electron chi connectivity index (χ1n) is 8.49. The summed E-state index contributed by atoms with van der Waals surface area (Å²) in [4.78, 5) is 4.56. The Bertz CT molecular complexity index is 828. The van der Waals surface area contributed by atoms with E-state index in [2.05, 4.69) is 59.6 Å². The van der Waals surface area contributed by atoms with E-state index in [1.54, 1.807) is 7.11 Å². The van der Waals surface area contributed by atoms with Crippen molar-refractivity contribution in [3.8, 4) is 17.0 Å². The van der Waals surface area contributed by atoms with Crippen molar-refractivity contribution in [3.05, 3.63) is 84.1 Å². The second-order valence-corrected chi connectivity index (χ2v) is 6.43. The zero-order chi connectivity index (χ0) is 16.4. The molecular formula is C22H21NO. The molecule has 0 amide bonds. The molecule has 2 heteroatoms. The summed E-state index contributed by atoms with van der Waals surface area (Å²) in [5.41, 5.74) is 4.95. The van der Waals surface area contributed by atoms with Crippen LogP contribution in [0.3, 0.4) is 0 Å². The number of rotatable bonds is 5. The van der Waals surface area contributed by atoms with Gasteiger partial charge in [0.2, 0.25) is 0 Å². The zero-order valence-electron chi connectivity index (χ0n) is 13.9. The molecular weight excluding hydrogens is 294 g/mol. The molecule has 0 aliphatic heterocycles. The van der Waals surface area contributed by atoms with Crippen molar-refractivity contribution < 1.29 is 4.74 Å². The first-order chi connectivity index (χ1) is 11.9. The van der Waals surface area contributed by atoms with Crippen molar-refractivity contribution >= 4 is 0 Å². The van der Waals surface area contributed by atoms with Gasteiger partial charge >= 0.3 is 0 Å². The summed E-state index contributed by atoms with van der Waals surface area (Å²) >= 11 is 0. The molecule has 0 saturated heterocycles. The Morgan fingerprint density at radius 3 is 2.58 bits per heavy atom. The van der Waals surface area contributed by atoms with Crippen molar-refractivity contribution in [2.24, 2.45) is 5.92 Å². The summed E-state index contributed by atoms with van der Waals surface area (Å²) in [6.45, 7) is 0. The molecule has 0 unspecified atom stereocenters. The van der Waals surface area contributed by atoms with E-state index >= 15 is 0 Å². The van der Waals surface area contributed by atoms with Gasteiger partial charge in [0, 0.05) is 11.8 Å². The molecule has 4 rings (SSSR count). The molecule has 1 aliphatic rings. The fourth-order valence-corrected chi connectivity index (χ4v) is 3.55. The molecule has 1 fully saturated rings. The van der Waals surface area contributed by atoms with Crippen molar-refractivity contribution in [3.63, 3.8) is 0 Å². The molecule has 1 aliphatic carbocycles. The predicted octanol–water partition coefficient (Wildman–Crippen LogP) is 5.10. The zero-order valence-corrected chi connectivity index (χ0v) is 13.9. The monoisotopic (exact) mass is 315 g/mol. The van der Waals surface area contributed by atoms with E-state index in [4.69, 9.17) is 4.74 Å². The normalized spacial score (nSPS) is 19.0. The highest BCUT2D eigenvalue weighted by Crippen LogP contribution is 2.50. The van der Waals surface area contributed by atoms with Crippen LogP contribution in [-0.4, -0.2) is 12.1 Å². The second kappa shape index (κ2) is 6.48. The molecule has 0 N–H and O–H groups in total. The molecule has 120 valence electrons. The van der Waals surface area contributed by atoms with Gasteiger partial charge in [-0.1, -0.05) is 54.6 Å². The Balaban J connectivity index is 1.60. The largest absolute Gasteiger partial charge is 0.494 e. The second-order valence-electron chi connectivity index (χ2n) is 6.43. The van der Waals surface area contributed by atoms with E-state index in [0.29, 0.717) is 5.92 Å². The molecule has 3 aromatic rings. The van der Waals surface area contributed by atoms with Crippen LogP contribution in [0.2, 0.25) is 0 Å². The van der Waals surface area contributed by atoms with Crippen LogP contribution in [0.5, 0.6) is 5.75 Å². The lowest BCUT2D eigenvalue weighted by atomic mass is 9.97. The molecule has 24 heavy (non-hydrogen) atoms. The van der Waals surface area contributed by atoms with Crippen LogP contribution in [0, 0.1) is 5.92 Å². The number of pyridine rings is 1. The summed E-state index contributed by atoms with van der Waals surface area (Å²) < 4.78 is 5.50. The van der Waals surface area contributed by atoms with Crippen molar-refractivity contribution in [1.29, 1.82) is 0 Å². The molecule has 0 spiro atoms. The van der Waals surface area contributed by atoms with Gasteiger partial charge in [0.25, 0.3) is 0 Å². The minimum absolute atomic E-state index is 0.699. The average molecular weight is 315 g/mol. The van der Waals surface area contributed by atoms with Gasteiger partial charge in [-0.05, 0) is 47.9 Å². The Morgan fingerprint density at radius 1 is 0.958 bits per heavy atom. The lowest BCUT2D eigenvalue weighted by Gasteiger charge is -2.12. The van der Waals surface area contributed by atoms with Crippen LogP contribution in [0.1, 0.15) is 23.5 Å². The Labute approximate surface area is 143 Å². The number of benzene rings is 2. The third-order valence-corrected chi connectivity index (χ3v) is 4.90. The summed E-state index contributed by atoms with van der Waals surface area (Å²) in [5, 5.41) is 0. The van der Waals surface area contributed by atoms with E-state index in [-0.39, 0.29) is 0 Å². The third-order valence-electron chi connectivity index (χ3n) is 4.90. The molecule has 2 nitrogen and oxygen atoms in total. The van der Waals surface area contributed by atoms with Crippen LogP contribution < -0.4 is 4.74 Å². The molecule has 1 aromatic heterocycles. The molecule has 2 atom stereocenters. The highest BCUT2D eigenvalue weighted by Gasteiger charge is 2.38. The van der Waals surface area contributed by atoms with Gasteiger partial charge in [0.1, 0.15) is 11.4 Å². The lowest BCUT2D eigenvalue weighted by molar-refractivity contribution is 0.415. The van der Waals surface area contributed by atoms with E-state index in [0.717, 1.165) is 23.8 Å². The summed E-state index contributed by atoms with van der Waals surface area (Å²) in [5.74, 6) is 2.26. The van der Waals surface area contributed by atoms with Crippen molar-refractivity contribution in [1.82, 2.24) is 4.98 Å². The Morgan fingerprint density at radius 2 is 1.75 bits per heavy atom. The minimum Gasteiger partial charge on any atom is -0.494 e. The van der Waals surface area contributed by atoms with E-state index in [1.807, 2.05) is 18.3 Å². The van der Waals surface area contributed by atoms with Gasteiger partial charge in [0.15, 0.2) is 0 Å². The predicted molar refractivity (Wildman–Crippen MR) is 97.2 cm³/mol. The number of aromatic nitrogens is 1. The number of hydrogen-bond donors (Lipinski definition) is 0. The Hall–Kier alpha value is -2.61. The van der Waals surface area contributed by atoms with E-state index in [9.17, 15) is 0 Å². The van der Waals surface area contributed by atoms with E-state index < -0.39 is 0 Å². The fraction of sp³-hybridized carbons (Fsp3) is 0.227. The number of hydrogen-bond acceptors (Lipinski definition) is 2. The van der Waals surface area contributed by atoms with Crippen LogP contribution in [0.25, 0.3) is 11.3 Å². The highest BCUT2D eigenvalue weighted by molar-refractivity contribution is 5.69. The maximum Gasteiger partial charge on any atom is 0.145 e. The van der Waals surface area contributed by atoms with Gasteiger partial charge in [0.05, 0.1) is 7.11 Å². The van der Waals surface area contributed by atoms with Crippen molar-refractivity contribution in [2.75, 3.05) is 7.11 Å². The quantitative estimate of drug-likeness (QED) is 0.653. The van der Waals surface area contributed by atoms with Gasteiger partial charge in [-0.25, -0.2) is 0 Å². The fourth-order valence-electron chi connectivity index (χ4n) is 3.55. The maximum absolute atomic E-state index is 5.50. The van der Waals surface area contributed by atoms with Crippen LogP contribution in [0.15, 0.2) is 72.9 Å². The van der Waals surface area contributed by atoms with Gasteiger partial charge in [-0.3, -0.25) is 4.98 Å². The van der Waals surface area contributed by atoms with E-state index in [1.165, 1.54) is 23.1 Å².